The molecule has 0 amide bonds. The molecule has 0 heterocycles. The molecule has 236 valence electrons. The second-order valence-corrected chi connectivity index (χ2v) is 12.0. The van der Waals surface area contributed by atoms with Crippen molar-refractivity contribution in [2.75, 3.05) is 13.2 Å². The molecule has 4 rings (SSSR count). The molecule has 5 nitrogen and oxygen atoms in total. The summed E-state index contributed by atoms with van der Waals surface area (Å²) in [7, 11) is 0. The van der Waals surface area contributed by atoms with Crippen molar-refractivity contribution in [3.8, 4) is 28.4 Å². The lowest BCUT2D eigenvalue weighted by Crippen LogP contribution is -2.09. The van der Waals surface area contributed by atoms with Crippen molar-refractivity contribution in [1.82, 2.24) is 0 Å². The number of rotatable bonds is 21. The summed E-state index contributed by atoms with van der Waals surface area (Å²) in [4.78, 5) is 26.1. The van der Waals surface area contributed by atoms with E-state index in [1.807, 2.05) is 24.3 Å². The first-order valence-electron chi connectivity index (χ1n) is 17.0. The summed E-state index contributed by atoms with van der Waals surface area (Å²) >= 11 is 0. The van der Waals surface area contributed by atoms with Crippen LogP contribution in [0.15, 0.2) is 60.7 Å². The molecule has 0 atom stereocenters. The van der Waals surface area contributed by atoms with E-state index in [1.165, 1.54) is 83.5 Å². The summed E-state index contributed by atoms with van der Waals surface area (Å²) in [5.74, 6) is 1.26. The quantitative estimate of drug-likeness (QED) is 0.0542. The Kier molecular flexibility index (Phi) is 13.8. The molecule has 0 radical (unpaired) electrons. The largest absolute Gasteiger partial charge is 0.494 e. The highest BCUT2D eigenvalue weighted by Crippen LogP contribution is 2.40. The minimum Gasteiger partial charge on any atom is -0.494 e. The van der Waals surface area contributed by atoms with E-state index in [9.17, 15) is 9.59 Å². The van der Waals surface area contributed by atoms with Gasteiger partial charge in [0.1, 0.15) is 17.2 Å². The Balaban J connectivity index is 1.22. The van der Waals surface area contributed by atoms with Crippen molar-refractivity contribution >= 4 is 11.8 Å². The van der Waals surface area contributed by atoms with Crippen LogP contribution in [-0.2, 0) is 0 Å². The van der Waals surface area contributed by atoms with Crippen LogP contribution in [0.2, 0.25) is 0 Å². The SMILES string of the molecule is CCCCCCCCCCCOc1ccc2c(c1)C(=O)c1cc(OC(=O)c3ccc(OCCCCCCCC)cc3)ccc1-2. The monoisotopic (exact) mass is 598 g/mol. The lowest BCUT2D eigenvalue weighted by molar-refractivity contribution is 0.0734. The number of unbranched alkanes of at least 4 members (excludes halogenated alkanes) is 13. The van der Waals surface area contributed by atoms with Crippen molar-refractivity contribution in [1.29, 1.82) is 0 Å². The van der Waals surface area contributed by atoms with Crippen LogP contribution < -0.4 is 14.2 Å². The number of esters is 1. The molecule has 0 saturated carbocycles. The Labute approximate surface area is 264 Å². The number of hydrogen-bond donors (Lipinski definition) is 0. The van der Waals surface area contributed by atoms with E-state index in [1.54, 1.807) is 36.4 Å². The fraction of sp³-hybridized carbons (Fsp3) is 0.487. The van der Waals surface area contributed by atoms with Gasteiger partial charge in [-0.15, -0.1) is 0 Å². The van der Waals surface area contributed by atoms with Gasteiger partial charge in [-0.25, -0.2) is 4.79 Å². The van der Waals surface area contributed by atoms with Crippen molar-refractivity contribution in [2.24, 2.45) is 0 Å². The highest BCUT2D eigenvalue weighted by atomic mass is 16.5. The Morgan fingerprint density at radius 3 is 1.48 bits per heavy atom. The third kappa shape index (κ3) is 9.97. The minimum atomic E-state index is -0.470. The number of carbonyl (C=O) groups is 2. The third-order valence-corrected chi connectivity index (χ3v) is 8.35. The Bertz CT molecular complexity index is 1330. The van der Waals surface area contributed by atoms with Gasteiger partial charge in [0.05, 0.1) is 18.8 Å². The third-order valence-electron chi connectivity index (χ3n) is 8.35. The fourth-order valence-corrected chi connectivity index (χ4v) is 5.72. The van der Waals surface area contributed by atoms with Gasteiger partial charge in [-0.05, 0) is 84.6 Å². The minimum absolute atomic E-state index is 0.0757. The zero-order valence-electron chi connectivity index (χ0n) is 26.8. The highest BCUT2D eigenvalue weighted by molar-refractivity contribution is 6.22. The average Bonchev–Trinajstić information content (AvgIpc) is 3.32. The van der Waals surface area contributed by atoms with Gasteiger partial charge >= 0.3 is 5.97 Å². The zero-order valence-corrected chi connectivity index (χ0v) is 26.8. The molecule has 0 bridgehead atoms. The topological polar surface area (TPSA) is 61.8 Å². The summed E-state index contributed by atoms with van der Waals surface area (Å²) in [5, 5.41) is 0. The lowest BCUT2D eigenvalue weighted by Gasteiger charge is -2.09. The van der Waals surface area contributed by atoms with Crippen LogP contribution >= 0.6 is 0 Å². The van der Waals surface area contributed by atoms with Gasteiger partial charge in [-0.3, -0.25) is 4.79 Å². The van der Waals surface area contributed by atoms with E-state index in [4.69, 9.17) is 14.2 Å². The number of hydrogen-bond acceptors (Lipinski definition) is 5. The van der Waals surface area contributed by atoms with E-state index in [2.05, 4.69) is 13.8 Å². The van der Waals surface area contributed by atoms with Crippen LogP contribution in [0.25, 0.3) is 11.1 Å². The molecule has 0 saturated heterocycles. The summed E-state index contributed by atoms with van der Waals surface area (Å²) < 4.78 is 17.5. The highest BCUT2D eigenvalue weighted by Gasteiger charge is 2.28. The number of ether oxygens (including phenoxy) is 3. The summed E-state index contributed by atoms with van der Waals surface area (Å²) in [6.07, 6.45) is 18.7. The van der Waals surface area contributed by atoms with E-state index >= 15 is 0 Å². The molecule has 1 aliphatic carbocycles. The van der Waals surface area contributed by atoms with Crippen LogP contribution in [0.5, 0.6) is 17.2 Å². The number of fused-ring (bicyclic) bond motifs is 3. The molecular formula is C39H50O5. The number of ketones is 1. The van der Waals surface area contributed by atoms with Gasteiger partial charge in [0.15, 0.2) is 5.78 Å². The Morgan fingerprint density at radius 2 is 0.932 bits per heavy atom. The first-order valence-corrected chi connectivity index (χ1v) is 17.0. The average molecular weight is 599 g/mol. The first kappa shape index (κ1) is 33.3. The van der Waals surface area contributed by atoms with Crippen LogP contribution in [-0.4, -0.2) is 25.0 Å². The number of carbonyl (C=O) groups excluding carboxylic acids is 2. The summed E-state index contributed by atoms with van der Waals surface area (Å²) in [6, 6.07) is 18.0. The molecular weight excluding hydrogens is 548 g/mol. The van der Waals surface area contributed by atoms with Gasteiger partial charge < -0.3 is 14.2 Å². The Hall–Kier alpha value is -3.60. The molecule has 3 aromatic rings. The van der Waals surface area contributed by atoms with Gasteiger partial charge in [-0.1, -0.05) is 97.3 Å². The molecule has 0 aliphatic heterocycles. The van der Waals surface area contributed by atoms with E-state index in [0.717, 1.165) is 35.5 Å². The maximum Gasteiger partial charge on any atom is 0.343 e. The first-order chi connectivity index (χ1) is 21.6. The predicted octanol–water partition coefficient (Wildman–Crippen LogP) is 10.8. The second kappa shape index (κ2) is 18.3. The normalized spacial score (nSPS) is 11.7. The molecule has 44 heavy (non-hydrogen) atoms. The van der Waals surface area contributed by atoms with Gasteiger partial charge in [0, 0.05) is 11.1 Å². The maximum absolute atomic E-state index is 13.3. The van der Waals surface area contributed by atoms with Crippen molar-refractivity contribution < 1.29 is 23.8 Å². The Morgan fingerprint density at radius 1 is 0.500 bits per heavy atom. The van der Waals surface area contributed by atoms with E-state index in [0.29, 0.717) is 35.7 Å². The van der Waals surface area contributed by atoms with E-state index < -0.39 is 5.97 Å². The molecule has 0 N–H and O–H groups in total. The van der Waals surface area contributed by atoms with Crippen LogP contribution in [0, 0.1) is 0 Å². The molecule has 0 spiro atoms. The summed E-state index contributed by atoms with van der Waals surface area (Å²) in [6.45, 7) is 5.80. The molecule has 0 unspecified atom stereocenters. The number of benzene rings is 3. The van der Waals surface area contributed by atoms with Crippen molar-refractivity contribution in [3.05, 3.63) is 77.4 Å². The molecule has 5 heteroatoms. The van der Waals surface area contributed by atoms with Crippen LogP contribution in [0.4, 0.5) is 0 Å². The van der Waals surface area contributed by atoms with Crippen LogP contribution in [0.3, 0.4) is 0 Å². The van der Waals surface area contributed by atoms with Crippen molar-refractivity contribution in [2.45, 2.75) is 110 Å². The smallest absolute Gasteiger partial charge is 0.343 e. The zero-order chi connectivity index (χ0) is 31.0. The molecule has 1 aliphatic rings. The van der Waals surface area contributed by atoms with Gasteiger partial charge in [0.25, 0.3) is 0 Å². The molecule has 0 aromatic heterocycles. The summed E-state index contributed by atoms with van der Waals surface area (Å²) in [5.41, 5.74) is 3.34. The second-order valence-electron chi connectivity index (χ2n) is 12.0. The molecule has 0 fully saturated rings. The predicted molar refractivity (Wildman–Crippen MR) is 178 cm³/mol. The van der Waals surface area contributed by atoms with Gasteiger partial charge in [-0.2, -0.15) is 0 Å². The van der Waals surface area contributed by atoms with Gasteiger partial charge in [0.2, 0.25) is 0 Å². The molecule has 3 aromatic carbocycles. The fourth-order valence-electron chi connectivity index (χ4n) is 5.72. The standard InChI is InChI=1S/C39H50O5/c1-3-5-7-9-11-12-13-15-17-27-43-32-22-24-34-35-25-23-33(29-37(35)38(40)36(34)28-32)44-39(41)30-18-20-31(21-19-30)42-26-16-14-10-8-6-4-2/h18-25,28-29H,3-17,26-27H2,1-2H3. The van der Waals surface area contributed by atoms with E-state index in [-0.39, 0.29) is 5.78 Å². The van der Waals surface area contributed by atoms with Crippen LogP contribution in [0.1, 0.15) is 136 Å². The van der Waals surface area contributed by atoms with Crippen molar-refractivity contribution in [3.63, 3.8) is 0 Å². The lowest BCUT2D eigenvalue weighted by atomic mass is 10.1. The maximum atomic E-state index is 13.3.